The van der Waals surface area contributed by atoms with Gasteiger partial charge in [0.15, 0.2) is 0 Å². The number of aliphatic imine (C=N–C) groups is 1. The lowest BCUT2D eigenvalue weighted by atomic mass is 9.97. The SMILES string of the molecule is CC[C@H](C)[C@@H]1N=C(c2ccccc2)c2cc(Cl)ccc2N(Cc2cccc(C)c2)C1=O. The van der Waals surface area contributed by atoms with E-state index in [1.54, 1.807) is 0 Å². The number of anilines is 1. The number of nitrogens with zero attached hydrogens (tertiary/aromatic N) is 2. The van der Waals surface area contributed by atoms with Gasteiger partial charge in [0.25, 0.3) is 5.91 Å². The summed E-state index contributed by atoms with van der Waals surface area (Å²) >= 11 is 6.42. The number of halogens is 1. The summed E-state index contributed by atoms with van der Waals surface area (Å²) in [6.07, 6.45) is 0.872. The first-order chi connectivity index (χ1) is 15.0. The Morgan fingerprint density at radius 2 is 1.81 bits per heavy atom. The Morgan fingerprint density at radius 1 is 1.03 bits per heavy atom. The molecule has 4 heteroatoms. The van der Waals surface area contributed by atoms with Gasteiger partial charge in [-0.15, -0.1) is 0 Å². The Morgan fingerprint density at radius 3 is 2.52 bits per heavy atom. The first kappa shape index (κ1) is 21.3. The minimum atomic E-state index is -0.448. The molecule has 2 atom stereocenters. The fraction of sp³-hybridized carbons (Fsp3) is 0.259. The summed E-state index contributed by atoms with van der Waals surface area (Å²) in [4.78, 5) is 20.8. The number of hydrogen-bond donors (Lipinski definition) is 0. The van der Waals surface area contributed by atoms with Crippen molar-refractivity contribution in [3.05, 3.63) is 100 Å². The Kier molecular flexibility index (Phi) is 6.24. The number of aryl methyl sites for hydroxylation is 1. The van der Waals surface area contributed by atoms with Crippen LogP contribution >= 0.6 is 11.6 Å². The molecule has 1 aliphatic heterocycles. The molecule has 0 bridgehead atoms. The molecule has 0 fully saturated rings. The Bertz CT molecular complexity index is 1120. The zero-order chi connectivity index (χ0) is 22.0. The molecular formula is C27H27ClN2O. The summed E-state index contributed by atoms with van der Waals surface area (Å²) < 4.78 is 0. The lowest BCUT2D eigenvalue weighted by Crippen LogP contribution is -2.40. The molecule has 1 heterocycles. The second kappa shape index (κ2) is 9.07. The van der Waals surface area contributed by atoms with Crippen molar-refractivity contribution in [2.45, 2.75) is 39.8 Å². The summed E-state index contributed by atoms with van der Waals surface area (Å²) in [6, 6.07) is 23.6. The Balaban J connectivity index is 1.91. The fourth-order valence-corrected chi connectivity index (χ4v) is 4.22. The maximum atomic E-state index is 13.8. The van der Waals surface area contributed by atoms with Crippen LogP contribution in [0.2, 0.25) is 5.02 Å². The molecule has 1 aliphatic rings. The molecule has 4 rings (SSSR count). The van der Waals surface area contributed by atoms with E-state index in [9.17, 15) is 4.79 Å². The van der Waals surface area contributed by atoms with E-state index in [2.05, 4.69) is 39.0 Å². The van der Waals surface area contributed by atoms with Gasteiger partial charge in [-0.05, 0) is 36.6 Å². The third-order valence-corrected chi connectivity index (χ3v) is 6.18. The van der Waals surface area contributed by atoms with Crippen molar-refractivity contribution in [3.8, 4) is 0 Å². The first-order valence-corrected chi connectivity index (χ1v) is 11.2. The number of carbonyl (C=O) groups excluding carboxylic acids is 1. The van der Waals surface area contributed by atoms with Crippen molar-refractivity contribution in [2.24, 2.45) is 10.9 Å². The quantitative estimate of drug-likeness (QED) is 0.458. The van der Waals surface area contributed by atoms with Crippen LogP contribution in [0, 0.1) is 12.8 Å². The van der Waals surface area contributed by atoms with Gasteiger partial charge < -0.3 is 4.90 Å². The number of carbonyl (C=O) groups is 1. The minimum Gasteiger partial charge on any atom is -0.305 e. The highest BCUT2D eigenvalue weighted by atomic mass is 35.5. The Hall–Kier alpha value is -2.91. The van der Waals surface area contributed by atoms with E-state index in [4.69, 9.17) is 16.6 Å². The lowest BCUT2D eigenvalue weighted by molar-refractivity contribution is -0.120. The van der Waals surface area contributed by atoms with E-state index in [0.29, 0.717) is 11.6 Å². The number of benzene rings is 3. The van der Waals surface area contributed by atoms with Crippen molar-refractivity contribution in [3.63, 3.8) is 0 Å². The van der Waals surface area contributed by atoms with Gasteiger partial charge in [0, 0.05) is 16.1 Å². The van der Waals surface area contributed by atoms with Gasteiger partial charge >= 0.3 is 0 Å². The van der Waals surface area contributed by atoms with Crippen molar-refractivity contribution in [1.82, 2.24) is 0 Å². The van der Waals surface area contributed by atoms with E-state index in [0.717, 1.165) is 34.5 Å². The number of amides is 1. The van der Waals surface area contributed by atoms with Crippen LogP contribution in [0.5, 0.6) is 0 Å². The standard InChI is InChI=1S/C27H27ClN2O/c1-4-19(3)25-27(31)30(17-20-10-8-9-18(2)15-20)24-14-13-22(28)16-23(24)26(29-25)21-11-6-5-7-12-21/h5-16,19,25H,4,17H2,1-3H3/t19-,25-/m0/s1. The summed E-state index contributed by atoms with van der Waals surface area (Å²) in [5.74, 6) is 0.154. The van der Waals surface area contributed by atoms with Crippen LogP contribution in [0.3, 0.4) is 0 Å². The molecule has 1 amide bonds. The second-order valence-corrected chi connectivity index (χ2v) is 8.69. The number of benzodiazepines with no additional fused rings is 1. The number of fused-ring (bicyclic) bond motifs is 1. The van der Waals surface area contributed by atoms with Crippen LogP contribution < -0.4 is 4.90 Å². The molecule has 3 aromatic rings. The molecular weight excluding hydrogens is 404 g/mol. The molecule has 0 spiro atoms. The maximum absolute atomic E-state index is 13.8. The third kappa shape index (κ3) is 4.42. The van der Waals surface area contributed by atoms with Gasteiger partial charge in [0.2, 0.25) is 0 Å². The lowest BCUT2D eigenvalue weighted by Gasteiger charge is -2.27. The fourth-order valence-electron chi connectivity index (χ4n) is 4.05. The van der Waals surface area contributed by atoms with Crippen molar-refractivity contribution >= 4 is 28.9 Å². The van der Waals surface area contributed by atoms with E-state index >= 15 is 0 Å². The number of hydrogen-bond acceptors (Lipinski definition) is 2. The predicted molar refractivity (Wildman–Crippen MR) is 129 cm³/mol. The first-order valence-electron chi connectivity index (χ1n) is 10.8. The Labute approximate surface area is 189 Å². The van der Waals surface area contributed by atoms with E-state index in [1.807, 2.05) is 59.5 Å². The molecule has 0 unspecified atom stereocenters. The van der Waals surface area contributed by atoms with Crippen LogP contribution in [-0.4, -0.2) is 17.7 Å². The molecule has 158 valence electrons. The van der Waals surface area contributed by atoms with Crippen LogP contribution in [0.15, 0.2) is 77.8 Å². The summed E-state index contributed by atoms with van der Waals surface area (Å²) in [7, 11) is 0. The average Bonchev–Trinajstić information content (AvgIpc) is 2.89. The molecule has 0 saturated carbocycles. The average molecular weight is 431 g/mol. The highest BCUT2D eigenvalue weighted by Crippen LogP contribution is 2.34. The summed E-state index contributed by atoms with van der Waals surface area (Å²) in [5.41, 5.74) is 5.83. The van der Waals surface area contributed by atoms with Crippen LogP contribution in [-0.2, 0) is 11.3 Å². The molecule has 0 N–H and O–H groups in total. The predicted octanol–water partition coefficient (Wildman–Crippen LogP) is 6.45. The van der Waals surface area contributed by atoms with E-state index < -0.39 is 6.04 Å². The summed E-state index contributed by atoms with van der Waals surface area (Å²) in [5, 5.41) is 0.632. The maximum Gasteiger partial charge on any atom is 0.252 e. The van der Waals surface area contributed by atoms with Gasteiger partial charge in [-0.2, -0.15) is 0 Å². The van der Waals surface area contributed by atoms with Gasteiger partial charge in [-0.1, -0.05) is 92.0 Å². The molecule has 0 radical (unpaired) electrons. The van der Waals surface area contributed by atoms with E-state index in [-0.39, 0.29) is 11.8 Å². The van der Waals surface area contributed by atoms with E-state index in [1.165, 1.54) is 5.56 Å². The smallest absolute Gasteiger partial charge is 0.252 e. The van der Waals surface area contributed by atoms with Crippen molar-refractivity contribution in [2.75, 3.05) is 4.90 Å². The minimum absolute atomic E-state index is 0.0327. The van der Waals surface area contributed by atoms with Crippen LogP contribution in [0.25, 0.3) is 0 Å². The van der Waals surface area contributed by atoms with Crippen LogP contribution in [0.4, 0.5) is 5.69 Å². The molecule has 3 nitrogen and oxygen atoms in total. The molecule has 0 aromatic heterocycles. The highest BCUT2D eigenvalue weighted by molar-refractivity contribution is 6.32. The van der Waals surface area contributed by atoms with Gasteiger partial charge in [0.05, 0.1) is 17.9 Å². The summed E-state index contributed by atoms with van der Waals surface area (Å²) in [6.45, 7) is 6.78. The second-order valence-electron chi connectivity index (χ2n) is 8.25. The normalized spacial score (nSPS) is 17.0. The van der Waals surface area contributed by atoms with Crippen LogP contribution in [0.1, 0.15) is 42.5 Å². The molecule has 31 heavy (non-hydrogen) atoms. The zero-order valence-corrected chi connectivity index (χ0v) is 18.9. The van der Waals surface area contributed by atoms with Gasteiger partial charge in [-0.3, -0.25) is 9.79 Å². The molecule has 0 aliphatic carbocycles. The van der Waals surface area contributed by atoms with Crippen molar-refractivity contribution < 1.29 is 4.79 Å². The number of rotatable bonds is 5. The van der Waals surface area contributed by atoms with Gasteiger partial charge in [0.1, 0.15) is 6.04 Å². The third-order valence-electron chi connectivity index (χ3n) is 5.95. The van der Waals surface area contributed by atoms with Crippen molar-refractivity contribution in [1.29, 1.82) is 0 Å². The highest BCUT2D eigenvalue weighted by Gasteiger charge is 2.34. The molecule has 3 aromatic carbocycles. The largest absolute Gasteiger partial charge is 0.305 e. The molecule has 0 saturated heterocycles. The monoisotopic (exact) mass is 430 g/mol. The van der Waals surface area contributed by atoms with Gasteiger partial charge in [-0.25, -0.2) is 0 Å². The topological polar surface area (TPSA) is 32.7 Å². The zero-order valence-electron chi connectivity index (χ0n) is 18.2.